The van der Waals surface area contributed by atoms with Crippen LogP contribution in [0.25, 0.3) is 0 Å². The standard InChI is InChI=1S/C12H18O/c1-9-5-4-7-10-6-2-3-8-11(13)12(9)10/h10H,2-8H2,1H3. The minimum absolute atomic E-state index is 0.458. The van der Waals surface area contributed by atoms with E-state index in [2.05, 4.69) is 6.92 Å². The molecule has 0 aromatic heterocycles. The van der Waals surface area contributed by atoms with Gasteiger partial charge < -0.3 is 0 Å². The fourth-order valence-corrected chi connectivity index (χ4v) is 2.81. The largest absolute Gasteiger partial charge is 0.295 e. The van der Waals surface area contributed by atoms with Crippen LogP contribution in [0, 0.1) is 5.92 Å². The third kappa shape index (κ3) is 1.70. The number of carbonyl (C=O) groups excluding carboxylic acids is 1. The Morgan fingerprint density at radius 3 is 2.69 bits per heavy atom. The van der Waals surface area contributed by atoms with Crippen LogP contribution in [0.4, 0.5) is 0 Å². The molecule has 13 heavy (non-hydrogen) atoms. The number of allylic oxidation sites excluding steroid dienone is 2. The van der Waals surface area contributed by atoms with Crippen LogP contribution in [-0.2, 0) is 4.79 Å². The lowest BCUT2D eigenvalue weighted by molar-refractivity contribution is -0.116. The van der Waals surface area contributed by atoms with Crippen molar-refractivity contribution in [2.24, 2.45) is 5.92 Å². The molecule has 0 saturated heterocycles. The third-order valence-electron chi connectivity index (χ3n) is 3.48. The van der Waals surface area contributed by atoms with Gasteiger partial charge in [0.05, 0.1) is 0 Å². The van der Waals surface area contributed by atoms with Gasteiger partial charge in [0.25, 0.3) is 0 Å². The van der Waals surface area contributed by atoms with E-state index in [9.17, 15) is 4.79 Å². The maximum atomic E-state index is 11.8. The minimum Gasteiger partial charge on any atom is -0.295 e. The highest BCUT2D eigenvalue weighted by molar-refractivity contribution is 5.96. The fraction of sp³-hybridized carbons (Fsp3) is 0.750. The van der Waals surface area contributed by atoms with E-state index in [1.165, 1.54) is 36.8 Å². The van der Waals surface area contributed by atoms with Gasteiger partial charge in [-0.3, -0.25) is 4.79 Å². The van der Waals surface area contributed by atoms with Gasteiger partial charge in [0.15, 0.2) is 5.78 Å². The lowest BCUT2D eigenvalue weighted by Gasteiger charge is -2.24. The van der Waals surface area contributed by atoms with Crippen molar-refractivity contribution >= 4 is 5.78 Å². The molecule has 1 saturated carbocycles. The predicted octanol–water partition coefficient (Wildman–Crippen LogP) is 3.25. The molecule has 0 aliphatic heterocycles. The van der Waals surface area contributed by atoms with E-state index in [0.717, 1.165) is 19.3 Å². The summed E-state index contributed by atoms with van der Waals surface area (Å²) < 4.78 is 0. The first kappa shape index (κ1) is 8.98. The molecule has 0 heterocycles. The molecule has 1 fully saturated rings. The molecule has 2 aliphatic rings. The van der Waals surface area contributed by atoms with Gasteiger partial charge in [-0.25, -0.2) is 0 Å². The minimum atomic E-state index is 0.458. The molecule has 2 rings (SSSR count). The lowest BCUT2D eigenvalue weighted by Crippen LogP contribution is -2.16. The van der Waals surface area contributed by atoms with E-state index in [-0.39, 0.29) is 0 Å². The van der Waals surface area contributed by atoms with Gasteiger partial charge in [-0.1, -0.05) is 12.0 Å². The highest BCUT2D eigenvalue weighted by Crippen LogP contribution is 2.36. The Hall–Kier alpha value is -0.590. The molecule has 0 N–H and O–H groups in total. The number of Topliss-reactive ketones (excluding diaryl/α,β-unsaturated/α-hetero) is 1. The summed E-state index contributed by atoms with van der Waals surface area (Å²) in [6.07, 6.45) is 8.17. The summed E-state index contributed by atoms with van der Waals surface area (Å²) in [5.74, 6) is 1.09. The number of hydrogen-bond acceptors (Lipinski definition) is 1. The summed E-state index contributed by atoms with van der Waals surface area (Å²) in [6, 6.07) is 0. The van der Waals surface area contributed by atoms with Gasteiger partial charge in [0, 0.05) is 6.42 Å². The molecule has 1 unspecified atom stereocenters. The zero-order valence-electron chi connectivity index (χ0n) is 8.44. The molecule has 0 radical (unpaired) electrons. The van der Waals surface area contributed by atoms with Crippen LogP contribution in [-0.4, -0.2) is 5.78 Å². The highest BCUT2D eigenvalue weighted by Gasteiger charge is 2.27. The van der Waals surface area contributed by atoms with Crippen LogP contribution in [0.2, 0.25) is 0 Å². The summed E-state index contributed by atoms with van der Waals surface area (Å²) >= 11 is 0. The van der Waals surface area contributed by atoms with Gasteiger partial charge in [-0.05, 0) is 50.5 Å². The number of fused-ring (bicyclic) bond motifs is 1. The molecule has 72 valence electrons. The molecule has 1 nitrogen and oxygen atoms in total. The van der Waals surface area contributed by atoms with Crippen LogP contribution >= 0.6 is 0 Å². The first-order valence-electron chi connectivity index (χ1n) is 5.52. The van der Waals surface area contributed by atoms with E-state index < -0.39 is 0 Å². The van der Waals surface area contributed by atoms with Gasteiger partial charge in [0.1, 0.15) is 0 Å². The van der Waals surface area contributed by atoms with E-state index >= 15 is 0 Å². The van der Waals surface area contributed by atoms with Crippen molar-refractivity contribution in [1.29, 1.82) is 0 Å². The normalized spacial score (nSPS) is 29.9. The average molecular weight is 178 g/mol. The van der Waals surface area contributed by atoms with Gasteiger partial charge in [-0.15, -0.1) is 0 Å². The smallest absolute Gasteiger partial charge is 0.159 e. The average Bonchev–Trinajstić information content (AvgIpc) is 2.29. The molecule has 0 spiro atoms. The molecular formula is C12H18O. The quantitative estimate of drug-likeness (QED) is 0.556. The van der Waals surface area contributed by atoms with E-state index in [1.807, 2.05) is 0 Å². The Bertz CT molecular complexity index is 250. The topological polar surface area (TPSA) is 17.1 Å². The molecular weight excluding hydrogens is 160 g/mol. The first-order valence-corrected chi connectivity index (χ1v) is 5.52. The monoisotopic (exact) mass is 178 g/mol. The summed E-state index contributed by atoms with van der Waals surface area (Å²) in [5, 5.41) is 0. The maximum Gasteiger partial charge on any atom is 0.159 e. The Labute approximate surface area is 80.2 Å². The van der Waals surface area contributed by atoms with Crippen molar-refractivity contribution in [3.63, 3.8) is 0 Å². The zero-order valence-corrected chi connectivity index (χ0v) is 8.44. The van der Waals surface area contributed by atoms with E-state index in [4.69, 9.17) is 0 Å². The van der Waals surface area contributed by atoms with Crippen LogP contribution in [0.1, 0.15) is 51.9 Å². The third-order valence-corrected chi connectivity index (χ3v) is 3.48. The highest BCUT2D eigenvalue weighted by atomic mass is 16.1. The molecule has 1 heteroatoms. The van der Waals surface area contributed by atoms with Crippen LogP contribution in [0.15, 0.2) is 11.1 Å². The second kappa shape index (κ2) is 3.65. The zero-order chi connectivity index (χ0) is 9.26. The summed E-state index contributed by atoms with van der Waals surface area (Å²) in [5.41, 5.74) is 2.62. The van der Waals surface area contributed by atoms with Crippen molar-refractivity contribution in [3.8, 4) is 0 Å². The fourth-order valence-electron chi connectivity index (χ4n) is 2.81. The Morgan fingerprint density at radius 2 is 1.85 bits per heavy atom. The van der Waals surface area contributed by atoms with E-state index in [0.29, 0.717) is 11.7 Å². The van der Waals surface area contributed by atoms with Crippen LogP contribution in [0.5, 0.6) is 0 Å². The number of hydrogen-bond donors (Lipinski definition) is 0. The molecule has 0 aromatic rings. The lowest BCUT2D eigenvalue weighted by atomic mass is 9.80. The predicted molar refractivity (Wildman–Crippen MR) is 53.5 cm³/mol. The maximum absolute atomic E-state index is 11.8. The summed E-state index contributed by atoms with van der Waals surface area (Å²) in [7, 11) is 0. The Morgan fingerprint density at radius 1 is 1.08 bits per heavy atom. The second-order valence-electron chi connectivity index (χ2n) is 4.45. The first-order chi connectivity index (χ1) is 6.29. The van der Waals surface area contributed by atoms with Crippen molar-refractivity contribution in [2.75, 3.05) is 0 Å². The van der Waals surface area contributed by atoms with Crippen molar-refractivity contribution < 1.29 is 4.79 Å². The molecule has 1 atom stereocenters. The summed E-state index contributed by atoms with van der Waals surface area (Å²) in [6.45, 7) is 2.16. The SMILES string of the molecule is CC1=C2C(=O)CCCCC2CCC1. The molecule has 2 aliphatic carbocycles. The Balaban J connectivity index is 2.31. The van der Waals surface area contributed by atoms with Crippen molar-refractivity contribution in [2.45, 2.75) is 51.9 Å². The van der Waals surface area contributed by atoms with Gasteiger partial charge >= 0.3 is 0 Å². The van der Waals surface area contributed by atoms with Crippen LogP contribution in [0.3, 0.4) is 0 Å². The Kier molecular flexibility index (Phi) is 2.52. The van der Waals surface area contributed by atoms with Gasteiger partial charge in [-0.2, -0.15) is 0 Å². The number of rotatable bonds is 0. The van der Waals surface area contributed by atoms with Crippen LogP contribution < -0.4 is 0 Å². The molecule has 0 bridgehead atoms. The van der Waals surface area contributed by atoms with E-state index in [1.54, 1.807) is 0 Å². The second-order valence-corrected chi connectivity index (χ2v) is 4.45. The summed E-state index contributed by atoms with van der Waals surface area (Å²) in [4.78, 5) is 11.8. The van der Waals surface area contributed by atoms with Gasteiger partial charge in [0.2, 0.25) is 0 Å². The number of ketones is 1. The molecule has 0 amide bonds. The van der Waals surface area contributed by atoms with Crippen molar-refractivity contribution in [1.82, 2.24) is 0 Å². The molecule has 0 aromatic carbocycles. The number of carbonyl (C=O) groups is 1. The van der Waals surface area contributed by atoms with Crippen molar-refractivity contribution in [3.05, 3.63) is 11.1 Å².